The van der Waals surface area contributed by atoms with Gasteiger partial charge in [0.05, 0.1) is 5.92 Å². The van der Waals surface area contributed by atoms with Gasteiger partial charge < -0.3 is 4.65 Å². The summed E-state index contributed by atoms with van der Waals surface area (Å²) in [6, 6.07) is 0. The summed E-state index contributed by atoms with van der Waals surface area (Å²) in [6.07, 6.45) is 4.13. The van der Waals surface area contributed by atoms with Gasteiger partial charge in [0, 0.05) is 16.8 Å². The van der Waals surface area contributed by atoms with Gasteiger partial charge in [0.15, 0.2) is 0 Å². The van der Waals surface area contributed by atoms with Crippen LogP contribution in [0.4, 0.5) is 0 Å². The average molecular weight is 215 g/mol. The quantitative estimate of drug-likeness (QED) is 0.646. The zero-order valence-corrected chi connectivity index (χ0v) is 9.10. The third-order valence-corrected chi connectivity index (χ3v) is 1.93. The van der Waals surface area contributed by atoms with E-state index in [1.807, 2.05) is 6.92 Å². The molecule has 1 unspecified atom stereocenters. The maximum atomic E-state index is 11.0. The van der Waals surface area contributed by atoms with E-state index in [0.29, 0.717) is 0 Å². The van der Waals surface area contributed by atoms with Gasteiger partial charge in [-0.25, -0.2) is 0 Å². The summed E-state index contributed by atoms with van der Waals surface area (Å²) in [5.41, 5.74) is 0. The summed E-state index contributed by atoms with van der Waals surface area (Å²) in [4.78, 5) is 11.0. The minimum Gasteiger partial charge on any atom is -0.543 e. The molecule has 0 aromatic heterocycles. The molecule has 0 N–H and O–H groups in total. The predicted octanol–water partition coefficient (Wildman–Crippen LogP) is 1.29. The fourth-order valence-electron chi connectivity index (χ4n) is 1.11. The van der Waals surface area contributed by atoms with Crippen molar-refractivity contribution in [2.45, 2.75) is 39.5 Å². The van der Waals surface area contributed by atoms with Crippen LogP contribution in [-0.2, 0) is 26.2 Å². The fraction of sp³-hybridized carbons (Fsp3) is 0.875. The van der Waals surface area contributed by atoms with Gasteiger partial charge in [-0.1, -0.05) is 26.7 Å². The van der Waals surface area contributed by atoms with Gasteiger partial charge in [-0.15, -0.1) is 0 Å². The molecule has 12 heavy (non-hydrogen) atoms. The van der Waals surface area contributed by atoms with Crippen LogP contribution in [0.2, 0.25) is 0 Å². The monoisotopic (exact) mass is 215 g/mol. The third kappa shape index (κ3) is 5.66. The Balaban J connectivity index is 0. The summed E-state index contributed by atoms with van der Waals surface area (Å²) >= 11 is 0. The standard InChI is InChI=1S/C8H17BO2.Co/c1-3-5-6-7(4-2)8(10)11-9;/h7H,3-6,9H2,1-2H3;. The predicted molar refractivity (Wildman–Crippen MR) is 47.9 cm³/mol. The first kappa shape index (κ1) is 14.6. The van der Waals surface area contributed by atoms with Crippen molar-refractivity contribution in [3.05, 3.63) is 0 Å². The van der Waals surface area contributed by atoms with E-state index in [4.69, 9.17) is 0 Å². The van der Waals surface area contributed by atoms with Crippen molar-refractivity contribution in [2.24, 2.45) is 5.92 Å². The number of hydrogen-bond donors (Lipinski definition) is 0. The molecule has 0 heterocycles. The van der Waals surface area contributed by atoms with Gasteiger partial charge in [0.2, 0.25) is 0 Å². The summed E-state index contributed by atoms with van der Waals surface area (Å²) in [7, 11) is 1.46. The minimum absolute atomic E-state index is 0. The van der Waals surface area contributed by atoms with E-state index < -0.39 is 0 Å². The maximum Gasteiger partial charge on any atom is 0.325 e. The minimum atomic E-state index is -0.0547. The third-order valence-electron chi connectivity index (χ3n) is 1.93. The first-order valence-corrected chi connectivity index (χ1v) is 4.34. The zero-order chi connectivity index (χ0) is 8.69. The second kappa shape index (κ2) is 9.13. The molecule has 0 rings (SSSR count). The molecule has 0 fully saturated rings. The van der Waals surface area contributed by atoms with Gasteiger partial charge in [0.1, 0.15) is 0 Å². The topological polar surface area (TPSA) is 26.3 Å². The maximum absolute atomic E-state index is 11.0. The van der Waals surface area contributed by atoms with Crippen molar-refractivity contribution in [2.75, 3.05) is 0 Å². The van der Waals surface area contributed by atoms with Crippen LogP contribution in [0.5, 0.6) is 0 Å². The number of rotatable bonds is 5. The summed E-state index contributed by atoms with van der Waals surface area (Å²) < 4.78 is 4.66. The summed E-state index contributed by atoms with van der Waals surface area (Å²) in [6.45, 7) is 4.15. The van der Waals surface area contributed by atoms with Crippen molar-refractivity contribution in [1.29, 1.82) is 0 Å². The van der Waals surface area contributed by atoms with Crippen LogP contribution in [0.3, 0.4) is 0 Å². The fourth-order valence-corrected chi connectivity index (χ4v) is 1.11. The van der Waals surface area contributed by atoms with Crippen LogP contribution in [0.1, 0.15) is 39.5 Å². The van der Waals surface area contributed by atoms with Crippen LogP contribution in [0, 0.1) is 5.92 Å². The van der Waals surface area contributed by atoms with Crippen LogP contribution < -0.4 is 0 Å². The number of unbranched alkanes of at least 4 members (excludes halogenated alkanes) is 1. The molecule has 4 heteroatoms. The molecule has 0 aliphatic carbocycles. The van der Waals surface area contributed by atoms with Crippen LogP contribution in [0.15, 0.2) is 0 Å². The molecule has 2 nitrogen and oxygen atoms in total. The SMILES string of the molecule is BOC(=O)C(CC)CCCC.[Co]. The van der Waals surface area contributed by atoms with Gasteiger partial charge in [-0.2, -0.15) is 0 Å². The second-order valence-corrected chi connectivity index (χ2v) is 2.77. The Labute approximate surface area is 86.1 Å². The van der Waals surface area contributed by atoms with Crippen LogP contribution in [-0.4, -0.2) is 14.0 Å². The van der Waals surface area contributed by atoms with Crippen LogP contribution in [0.25, 0.3) is 0 Å². The van der Waals surface area contributed by atoms with E-state index in [9.17, 15) is 4.79 Å². The molecule has 0 spiro atoms. The van der Waals surface area contributed by atoms with Crippen molar-refractivity contribution >= 4 is 14.0 Å². The Hall–Kier alpha value is 0.0414. The molecule has 0 aromatic rings. The molecule has 1 atom stereocenters. The summed E-state index contributed by atoms with van der Waals surface area (Å²) in [5, 5.41) is 0. The van der Waals surface area contributed by atoms with Crippen molar-refractivity contribution in [3.63, 3.8) is 0 Å². The molecular weight excluding hydrogens is 198 g/mol. The molecule has 0 saturated heterocycles. The molecular formula is C8H17BCoO2. The van der Waals surface area contributed by atoms with E-state index in [1.54, 1.807) is 0 Å². The Morgan fingerprint density at radius 3 is 2.42 bits per heavy atom. The first-order valence-electron chi connectivity index (χ1n) is 4.34. The van der Waals surface area contributed by atoms with Crippen molar-refractivity contribution in [3.8, 4) is 0 Å². The van der Waals surface area contributed by atoms with E-state index in [2.05, 4.69) is 11.6 Å². The van der Waals surface area contributed by atoms with E-state index in [-0.39, 0.29) is 28.7 Å². The number of carbonyl (C=O) groups is 1. The molecule has 0 aliphatic heterocycles. The van der Waals surface area contributed by atoms with E-state index >= 15 is 0 Å². The second-order valence-electron chi connectivity index (χ2n) is 2.77. The molecule has 0 bridgehead atoms. The Morgan fingerprint density at radius 2 is 2.08 bits per heavy atom. The summed E-state index contributed by atoms with van der Waals surface area (Å²) in [5.74, 6) is 0.0703. The van der Waals surface area contributed by atoms with Gasteiger partial charge >= 0.3 is 8.05 Å². The smallest absolute Gasteiger partial charge is 0.325 e. The molecule has 73 valence electrons. The largest absolute Gasteiger partial charge is 0.543 e. The Bertz CT molecular complexity index is 120. The van der Waals surface area contributed by atoms with E-state index in [1.165, 1.54) is 8.05 Å². The molecule has 0 amide bonds. The Kier molecular flexibility index (Phi) is 11.1. The van der Waals surface area contributed by atoms with Gasteiger partial charge in [-0.3, -0.25) is 4.79 Å². The number of hydrogen-bond acceptors (Lipinski definition) is 2. The molecule has 0 aromatic carbocycles. The molecule has 1 radical (unpaired) electrons. The average Bonchev–Trinajstić information content (AvgIpc) is 2.05. The van der Waals surface area contributed by atoms with E-state index in [0.717, 1.165) is 25.7 Å². The number of carbonyl (C=O) groups excluding carboxylic acids is 1. The zero-order valence-electron chi connectivity index (χ0n) is 8.06. The van der Waals surface area contributed by atoms with Gasteiger partial charge in [-0.05, 0) is 12.8 Å². The van der Waals surface area contributed by atoms with Crippen LogP contribution >= 0.6 is 0 Å². The molecule has 0 aliphatic rings. The Morgan fingerprint density at radius 1 is 1.50 bits per heavy atom. The van der Waals surface area contributed by atoms with Crippen molar-refractivity contribution in [1.82, 2.24) is 0 Å². The van der Waals surface area contributed by atoms with Gasteiger partial charge in [0.25, 0.3) is 5.97 Å². The molecule has 0 saturated carbocycles. The first-order chi connectivity index (χ1) is 5.26. The van der Waals surface area contributed by atoms with Crippen molar-refractivity contribution < 1.29 is 26.2 Å². The normalized spacial score (nSPS) is 11.5.